The van der Waals surface area contributed by atoms with E-state index in [2.05, 4.69) is 18.7 Å². The molecular formula is C24H28ClN3O. The molecule has 4 nitrogen and oxygen atoms in total. The molecule has 4 rings (SSSR count). The summed E-state index contributed by atoms with van der Waals surface area (Å²) in [5.41, 5.74) is 3.39. The van der Waals surface area contributed by atoms with E-state index in [0.717, 1.165) is 43.4 Å². The molecule has 0 bridgehead atoms. The number of fused-ring (bicyclic) bond motifs is 1. The van der Waals surface area contributed by atoms with Gasteiger partial charge in [0.2, 0.25) is 0 Å². The van der Waals surface area contributed by atoms with Crippen LogP contribution in [0.2, 0.25) is 5.02 Å². The third-order valence-electron chi connectivity index (χ3n) is 5.90. The number of hydrogen-bond donors (Lipinski definition) is 1. The van der Waals surface area contributed by atoms with Crippen LogP contribution in [0.25, 0.3) is 10.9 Å². The van der Waals surface area contributed by atoms with Crippen molar-refractivity contribution in [3.05, 3.63) is 70.4 Å². The summed E-state index contributed by atoms with van der Waals surface area (Å²) in [4.78, 5) is 15.6. The van der Waals surface area contributed by atoms with Crippen LogP contribution in [0.4, 0.5) is 0 Å². The third kappa shape index (κ3) is 4.05. The van der Waals surface area contributed by atoms with E-state index in [1.165, 1.54) is 5.56 Å². The number of nitrogens with zero attached hydrogens (tertiary/aromatic N) is 2. The molecule has 1 aliphatic heterocycles. The van der Waals surface area contributed by atoms with Gasteiger partial charge in [0.25, 0.3) is 0 Å². The van der Waals surface area contributed by atoms with Crippen molar-refractivity contribution in [2.24, 2.45) is 5.92 Å². The number of aromatic nitrogens is 1. The van der Waals surface area contributed by atoms with Crippen molar-refractivity contribution < 1.29 is 4.79 Å². The molecule has 3 aromatic rings. The number of halogens is 1. The van der Waals surface area contributed by atoms with Crippen LogP contribution in [0.1, 0.15) is 54.1 Å². The number of ketones is 1. The van der Waals surface area contributed by atoms with E-state index in [0.29, 0.717) is 28.0 Å². The van der Waals surface area contributed by atoms with Crippen molar-refractivity contribution in [2.75, 3.05) is 25.5 Å². The SMILES string of the molecule is CC(C)CN1CCC(c2cn(N)c3ccc(C(=O)c4ccccc4Cl)cc23)CC1. The normalized spacial score (nSPS) is 16.0. The minimum absolute atomic E-state index is 0.0556. The summed E-state index contributed by atoms with van der Waals surface area (Å²) >= 11 is 6.24. The van der Waals surface area contributed by atoms with Crippen LogP contribution in [0.3, 0.4) is 0 Å². The number of rotatable bonds is 5. The maximum atomic E-state index is 13.0. The predicted octanol–water partition coefficient (Wildman–Crippen LogP) is 5.07. The van der Waals surface area contributed by atoms with Crippen molar-refractivity contribution in [3.8, 4) is 0 Å². The summed E-state index contributed by atoms with van der Waals surface area (Å²) in [6, 6.07) is 13.0. The van der Waals surface area contributed by atoms with E-state index in [-0.39, 0.29) is 5.78 Å². The lowest BCUT2D eigenvalue weighted by Crippen LogP contribution is -2.35. The van der Waals surface area contributed by atoms with E-state index in [1.807, 2.05) is 36.5 Å². The Labute approximate surface area is 177 Å². The van der Waals surface area contributed by atoms with E-state index < -0.39 is 0 Å². The molecule has 0 unspecified atom stereocenters. The van der Waals surface area contributed by atoms with E-state index >= 15 is 0 Å². The van der Waals surface area contributed by atoms with E-state index in [1.54, 1.807) is 16.8 Å². The lowest BCUT2D eigenvalue weighted by Gasteiger charge is -2.33. The van der Waals surface area contributed by atoms with Gasteiger partial charge in [-0.25, -0.2) is 0 Å². The molecule has 0 radical (unpaired) electrons. The Kier molecular flexibility index (Phi) is 5.66. The summed E-state index contributed by atoms with van der Waals surface area (Å²) in [7, 11) is 0. The molecule has 1 aromatic heterocycles. The Morgan fingerprint density at radius 1 is 1.17 bits per heavy atom. The van der Waals surface area contributed by atoms with Gasteiger partial charge in [0.1, 0.15) is 0 Å². The van der Waals surface area contributed by atoms with Gasteiger partial charge in [0.05, 0.1) is 10.5 Å². The highest BCUT2D eigenvalue weighted by atomic mass is 35.5. The highest BCUT2D eigenvalue weighted by Crippen LogP contribution is 2.35. The summed E-state index contributed by atoms with van der Waals surface area (Å²) in [5.74, 6) is 7.34. The number of nitrogens with two attached hydrogens (primary N) is 1. The number of benzene rings is 2. The Hall–Kier alpha value is -2.30. The van der Waals surface area contributed by atoms with Gasteiger partial charge in [-0.15, -0.1) is 0 Å². The van der Waals surface area contributed by atoms with Gasteiger partial charge in [-0.1, -0.05) is 37.6 Å². The molecule has 2 heterocycles. The molecule has 1 aliphatic rings. The van der Waals surface area contributed by atoms with E-state index in [4.69, 9.17) is 17.4 Å². The van der Waals surface area contributed by atoms with Gasteiger partial charge in [0, 0.05) is 29.3 Å². The molecule has 0 saturated carbocycles. The van der Waals surface area contributed by atoms with Crippen LogP contribution in [0.15, 0.2) is 48.7 Å². The Bertz CT molecular complexity index is 1030. The summed E-state index contributed by atoms with van der Waals surface area (Å²) in [6.45, 7) is 7.91. The van der Waals surface area contributed by atoms with Gasteiger partial charge in [-0.05, 0) is 73.7 Å². The maximum Gasteiger partial charge on any atom is 0.194 e. The van der Waals surface area contributed by atoms with Crippen molar-refractivity contribution in [2.45, 2.75) is 32.6 Å². The zero-order valence-corrected chi connectivity index (χ0v) is 17.8. The molecule has 2 aromatic carbocycles. The van der Waals surface area contributed by atoms with Crippen molar-refractivity contribution in [1.29, 1.82) is 0 Å². The lowest BCUT2D eigenvalue weighted by molar-refractivity contribution is 0.103. The first kappa shape index (κ1) is 20.0. The van der Waals surface area contributed by atoms with Crippen LogP contribution in [0.5, 0.6) is 0 Å². The van der Waals surface area contributed by atoms with Crippen molar-refractivity contribution in [1.82, 2.24) is 9.58 Å². The Morgan fingerprint density at radius 2 is 1.90 bits per heavy atom. The lowest BCUT2D eigenvalue weighted by atomic mass is 9.88. The molecule has 1 saturated heterocycles. The zero-order chi connectivity index (χ0) is 20.5. The highest BCUT2D eigenvalue weighted by molar-refractivity contribution is 6.35. The second kappa shape index (κ2) is 8.21. The fraction of sp³-hybridized carbons (Fsp3) is 0.375. The molecule has 29 heavy (non-hydrogen) atoms. The quantitative estimate of drug-likeness (QED) is 0.472. The molecule has 2 N–H and O–H groups in total. The van der Waals surface area contributed by atoms with E-state index in [9.17, 15) is 4.79 Å². The van der Waals surface area contributed by atoms with Crippen LogP contribution in [0, 0.1) is 5.92 Å². The third-order valence-corrected chi connectivity index (χ3v) is 6.22. The molecule has 152 valence electrons. The van der Waals surface area contributed by atoms with Crippen LogP contribution < -0.4 is 5.84 Å². The topological polar surface area (TPSA) is 51.3 Å². The van der Waals surface area contributed by atoms with Crippen LogP contribution in [-0.4, -0.2) is 35.0 Å². The smallest absolute Gasteiger partial charge is 0.194 e. The van der Waals surface area contributed by atoms with Gasteiger partial charge >= 0.3 is 0 Å². The molecular weight excluding hydrogens is 382 g/mol. The first-order chi connectivity index (χ1) is 13.9. The van der Waals surface area contributed by atoms with Gasteiger partial charge in [-0.2, -0.15) is 0 Å². The molecule has 0 aliphatic carbocycles. The minimum Gasteiger partial charge on any atom is -0.339 e. The first-order valence-electron chi connectivity index (χ1n) is 10.4. The van der Waals surface area contributed by atoms with Gasteiger partial charge in [0.15, 0.2) is 5.78 Å². The monoisotopic (exact) mass is 409 g/mol. The number of likely N-dealkylation sites (tertiary alicyclic amines) is 1. The Balaban J connectivity index is 1.64. The molecule has 0 amide bonds. The standard InChI is InChI=1S/C24H28ClN3O/c1-16(2)14-27-11-9-17(10-12-27)21-15-28(26)23-8-7-18(13-20(21)23)24(29)19-5-3-4-6-22(19)25/h3-8,13,15-17H,9-12,14,26H2,1-2H3. The summed E-state index contributed by atoms with van der Waals surface area (Å²) < 4.78 is 1.69. The second-order valence-corrected chi connectivity index (χ2v) is 8.91. The maximum absolute atomic E-state index is 13.0. The fourth-order valence-electron chi connectivity index (χ4n) is 4.49. The number of hydrogen-bond acceptors (Lipinski definition) is 3. The number of carbonyl (C=O) groups is 1. The predicted molar refractivity (Wildman–Crippen MR) is 120 cm³/mol. The minimum atomic E-state index is -0.0556. The number of nitrogen functional groups attached to an aromatic ring is 1. The molecule has 0 spiro atoms. The van der Waals surface area contributed by atoms with Gasteiger partial charge in [-0.3, -0.25) is 9.47 Å². The summed E-state index contributed by atoms with van der Waals surface area (Å²) in [5, 5.41) is 1.56. The largest absolute Gasteiger partial charge is 0.339 e. The van der Waals surface area contributed by atoms with Crippen molar-refractivity contribution in [3.63, 3.8) is 0 Å². The fourth-order valence-corrected chi connectivity index (χ4v) is 4.71. The van der Waals surface area contributed by atoms with Crippen LogP contribution in [-0.2, 0) is 0 Å². The Morgan fingerprint density at radius 3 is 2.59 bits per heavy atom. The first-order valence-corrected chi connectivity index (χ1v) is 10.7. The summed E-state index contributed by atoms with van der Waals surface area (Å²) in [6.07, 6.45) is 4.28. The van der Waals surface area contributed by atoms with Crippen LogP contribution >= 0.6 is 11.6 Å². The molecule has 1 fully saturated rings. The molecule has 5 heteroatoms. The van der Waals surface area contributed by atoms with Crippen molar-refractivity contribution >= 4 is 28.3 Å². The average molecular weight is 410 g/mol. The van der Waals surface area contributed by atoms with Gasteiger partial charge < -0.3 is 10.7 Å². The average Bonchev–Trinajstić information content (AvgIpc) is 3.04. The highest BCUT2D eigenvalue weighted by Gasteiger charge is 2.24. The number of piperidine rings is 1. The number of carbonyl (C=O) groups excluding carboxylic acids is 1. The zero-order valence-electron chi connectivity index (χ0n) is 17.1. The molecule has 0 atom stereocenters. The second-order valence-electron chi connectivity index (χ2n) is 8.50.